The number of imidazole rings is 1. The van der Waals surface area contributed by atoms with E-state index in [-0.39, 0.29) is 29.1 Å². The van der Waals surface area contributed by atoms with Gasteiger partial charge in [0.15, 0.2) is 11.6 Å². The molecule has 2 aromatic carbocycles. The third-order valence-electron chi connectivity index (χ3n) is 4.03. The molecule has 0 aliphatic carbocycles. The number of halogens is 3. The number of benzene rings is 2. The van der Waals surface area contributed by atoms with Gasteiger partial charge in [-0.25, -0.2) is 13.8 Å². The molecular formula is C19H18BrF2N3O2. The van der Waals surface area contributed by atoms with Crippen LogP contribution in [0.2, 0.25) is 0 Å². The lowest BCUT2D eigenvalue weighted by Gasteiger charge is -2.14. The standard InChI is InChI=1S/C19H18BrF2N3O2/c1-3-6-27-9-16(26)12-8-15-19(23-10-25(15)2)17(22)18(12)24-14-5-4-11(20)7-13(14)21/h4-5,7-8,10,24H,3,6,9H2,1-2H3. The zero-order valence-corrected chi connectivity index (χ0v) is 16.4. The molecule has 5 nitrogen and oxygen atoms in total. The van der Waals surface area contributed by atoms with Crippen LogP contribution in [0.4, 0.5) is 20.2 Å². The van der Waals surface area contributed by atoms with Crippen molar-refractivity contribution in [2.45, 2.75) is 13.3 Å². The summed E-state index contributed by atoms with van der Waals surface area (Å²) >= 11 is 3.18. The lowest BCUT2D eigenvalue weighted by atomic mass is 10.1. The van der Waals surface area contributed by atoms with E-state index in [1.807, 2.05) is 6.92 Å². The van der Waals surface area contributed by atoms with Gasteiger partial charge < -0.3 is 14.6 Å². The summed E-state index contributed by atoms with van der Waals surface area (Å²) in [7, 11) is 1.71. The quantitative estimate of drug-likeness (QED) is 0.418. The fraction of sp³-hybridized carbons (Fsp3) is 0.263. The van der Waals surface area contributed by atoms with E-state index in [4.69, 9.17) is 4.74 Å². The zero-order valence-electron chi connectivity index (χ0n) is 14.9. The molecule has 0 atom stereocenters. The largest absolute Gasteiger partial charge is 0.373 e. The van der Waals surface area contributed by atoms with E-state index in [0.717, 1.165) is 6.42 Å². The summed E-state index contributed by atoms with van der Waals surface area (Å²) in [6, 6.07) is 5.88. The highest BCUT2D eigenvalue weighted by Crippen LogP contribution is 2.32. The summed E-state index contributed by atoms with van der Waals surface area (Å²) < 4.78 is 36.8. The van der Waals surface area contributed by atoms with Gasteiger partial charge in [0.25, 0.3) is 0 Å². The normalized spacial score (nSPS) is 11.1. The highest BCUT2D eigenvalue weighted by molar-refractivity contribution is 9.10. The Bertz CT molecular complexity index is 1000. The van der Waals surface area contributed by atoms with Crippen LogP contribution in [0.15, 0.2) is 35.1 Å². The van der Waals surface area contributed by atoms with E-state index < -0.39 is 17.4 Å². The zero-order chi connectivity index (χ0) is 19.6. The maximum Gasteiger partial charge on any atom is 0.190 e. The number of hydrogen-bond donors (Lipinski definition) is 1. The SMILES string of the molecule is CCCOCC(=O)c1cc2c(ncn2C)c(F)c1Nc1ccc(Br)cc1F. The lowest BCUT2D eigenvalue weighted by molar-refractivity contribution is 0.0762. The Balaban J connectivity index is 2.09. The van der Waals surface area contributed by atoms with E-state index in [2.05, 4.69) is 26.2 Å². The Morgan fingerprint density at radius 2 is 2.11 bits per heavy atom. The number of aryl methyl sites for hydroxylation is 1. The molecule has 8 heteroatoms. The Hall–Kier alpha value is -2.32. The third-order valence-corrected chi connectivity index (χ3v) is 4.53. The lowest BCUT2D eigenvalue weighted by Crippen LogP contribution is -2.13. The number of fused-ring (bicyclic) bond motifs is 1. The Labute approximate surface area is 163 Å². The van der Waals surface area contributed by atoms with Gasteiger partial charge in [0, 0.05) is 23.7 Å². The molecule has 0 unspecified atom stereocenters. The molecule has 0 radical (unpaired) electrons. The summed E-state index contributed by atoms with van der Waals surface area (Å²) in [6.07, 6.45) is 2.22. The number of rotatable bonds is 7. The van der Waals surface area contributed by atoms with Crippen LogP contribution in [0.5, 0.6) is 0 Å². The fourth-order valence-electron chi connectivity index (χ4n) is 2.68. The second kappa shape index (κ2) is 8.14. The Morgan fingerprint density at radius 3 is 2.81 bits per heavy atom. The average molecular weight is 438 g/mol. The van der Waals surface area contributed by atoms with E-state index in [1.165, 1.54) is 18.5 Å². The van der Waals surface area contributed by atoms with Crippen molar-refractivity contribution in [3.63, 3.8) is 0 Å². The first kappa shape index (κ1) is 19.4. The average Bonchev–Trinajstić information content (AvgIpc) is 3.00. The summed E-state index contributed by atoms with van der Waals surface area (Å²) in [5.41, 5.74) is 0.585. The molecule has 1 aromatic heterocycles. The molecule has 0 saturated heterocycles. The Kier molecular flexibility index (Phi) is 5.86. The van der Waals surface area contributed by atoms with Gasteiger partial charge in [-0.15, -0.1) is 0 Å². The molecule has 1 N–H and O–H groups in total. The number of ketones is 1. The van der Waals surface area contributed by atoms with Crippen molar-refractivity contribution in [2.24, 2.45) is 7.05 Å². The molecule has 3 rings (SSSR count). The molecule has 0 saturated carbocycles. The van der Waals surface area contributed by atoms with Gasteiger partial charge in [0.2, 0.25) is 0 Å². The first-order chi connectivity index (χ1) is 12.9. The molecule has 0 aliphatic heterocycles. The predicted molar refractivity (Wildman–Crippen MR) is 103 cm³/mol. The van der Waals surface area contributed by atoms with Crippen LogP contribution in [-0.2, 0) is 11.8 Å². The van der Waals surface area contributed by atoms with E-state index >= 15 is 4.39 Å². The highest BCUT2D eigenvalue weighted by Gasteiger charge is 2.22. The first-order valence-electron chi connectivity index (χ1n) is 8.39. The molecule has 0 fully saturated rings. The van der Waals surface area contributed by atoms with Crippen molar-refractivity contribution in [3.8, 4) is 0 Å². The highest BCUT2D eigenvalue weighted by atomic mass is 79.9. The number of aromatic nitrogens is 2. The van der Waals surface area contributed by atoms with Crippen molar-refractivity contribution in [3.05, 3.63) is 52.3 Å². The van der Waals surface area contributed by atoms with Gasteiger partial charge in [-0.3, -0.25) is 4.79 Å². The van der Waals surface area contributed by atoms with Crippen LogP contribution in [-0.4, -0.2) is 28.5 Å². The van der Waals surface area contributed by atoms with E-state index in [0.29, 0.717) is 16.6 Å². The van der Waals surface area contributed by atoms with Gasteiger partial charge >= 0.3 is 0 Å². The maximum atomic E-state index is 15.1. The number of hydrogen-bond acceptors (Lipinski definition) is 4. The molecule has 0 aliphatic rings. The van der Waals surface area contributed by atoms with Crippen LogP contribution < -0.4 is 5.32 Å². The summed E-state index contributed by atoms with van der Waals surface area (Å²) in [6.45, 7) is 2.16. The Morgan fingerprint density at radius 1 is 1.33 bits per heavy atom. The second-order valence-electron chi connectivity index (χ2n) is 6.06. The maximum absolute atomic E-state index is 15.1. The van der Waals surface area contributed by atoms with E-state index in [1.54, 1.807) is 23.7 Å². The summed E-state index contributed by atoms with van der Waals surface area (Å²) in [4.78, 5) is 16.7. The molecule has 0 bridgehead atoms. The molecule has 1 heterocycles. The number of carbonyl (C=O) groups is 1. The minimum atomic E-state index is -0.714. The van der Waals surface area contributed by atoms with E-state index in [9.17, 15) is 9.18 Å². The van der Waals surface area contributed by atoms with Crippen molar-refractivity contribution in [2.75, 3.05) is 18.5 Å². The van der Waals surface area contributed by atoms with Gasteiger partial charge in [0.1, 0.15) is 17.9 Å². The van der Waals surface area contributed by atoms with Crippen LogP contribution in [0.3, 0.4) is 0 Å². The monoisotopic (exact) mass is 437 g/mol. The van der Waals surface area contributed by atoms with Gasteiger partial charge in [0.05, 0.1) is 23.2 Å². The molecule has 142 valence electrons. The third kappa shape index (κ3) is 4.01. The molecule has 27 heavy (non-hydrogen) atoms. The first-order valence-corrected chi connectivity index (χ1v) is 9.18. The van der Waals surface area contributed by atoms with Crippen LogP contribution >= 0.6 is 15.9 Å². The number of nitrogens with one attached hydrogen (secondary N) is 1. The van der Waals surface area contributed by atoms with Crippen LogP contribution in [0.25, 0.3) is 11.0 Å². The smallest absolute Gasteiger partial charge is 0.190 e. The molecule has 0 spiro atoms. The minimum absolute atomic E-state index is 0.0518. The fourth-order valence-corrected chi connectivity index (χ4v) is 3.01. The molecular weight excluding hydrogens is 420 g/mol. The number of nitrogens with zero attached hydrogens (tertiary/aromatic N) is 2. The number of ether oxygens (including phenoxy) is 1. The van der Waals surface area contributed by atoms with Gasteiger partial charge in [-0.05, 0) is 30.7 Å². The number of carbonyl (C=O) groups excluding carboxylic acids is 1. The number of anilines is 2. The topological polar surface area (TPSA) is 56.1 Å². The molecule has 3 aromatic rings. The van der Waals surface area contributed by atoms with Crippen molar-refractivity contribution in [1.29, 1.82) is 0 Å². The summed E-state index contributed by atoms with van der Waals surface area (Å²) in [5, 5.41) is 2.71. The second-order valence-corrected chi connectivity index (χ2v) is 6.98. The molecule has 0 amide bonds. The number of Topliss-reactive ketones (excluding diaryl/α,β-unsaturated/α-hetero) is 1. The van der Waals surface area contributed by atoms with Crippen molar-refractivity contribution < 1.29 is 18.3 Å². The van der Waals surface area contributed by atoms with Crippen LogP contribution in [0, 0.1) is 11.6 Å². The van der Waals surface area contributed by atoms with Crippen molar-refractivity contribution in [1.82, 2.24) is 9.55 Å². The van der Waals surface area contributed by atoms with Crippen LogP contribution in [0.1, 0.15) is 23.7 Å². The summed E-state index contributed by atoms with van der Waals surface area (Å²) in [5.74, 6) is -1.69. The van der Waals surface area contributed by atoms with Crippen molar-refractivity contribution >= 4 is 44.1 Å². The van der Waals surface area contributed by atoms with Gasteiger partial charge in [-0.1, -0.05) is 22.9 Å². The predicted octanol–water partition coefficient (Wildman–Crippen LogP) is 4.97. The minimum Gasteiger partial charge on any atom is -0.373 e. The van der Waals surface area contributed by atoms with Gasteiger partial charge in [-0.2, -0.15) is 0 Å².